The Hall–Kier alpha value is -3.78. The monoisotopic (exact) mass is 431 g/mol. The second-order valence-electron chi connectivity index (χ2n) is 6.99. The van der Waals surface area contributed by atoms with Gasteiger partial charge in [0.05, 0.1) is 16.3 Å². The topological polar surface area (TPSA) is 88.1 Å². The Morgan fingerprint density at radius 3 is 2.19 bits per heavy atom. The zero-order valence-electron chi connectivity index (χ0n) is 17.1. The van der Waals surface area contributed by atoms with Gasteiger partial charge in [-0.15, -0.1) is 0 Å². The highest BCUT2D eigenvalue weighted by Crippen LogP contribution is 2.35. The molecular formula is C23H21N5O2S. The average molecular weight is 432 g/mol. The summed E-state index contributed by atoms with van der Waals surface area (Å²) in [5.41, 5.74) is 3.05. The maximum absolute atomic E-state index is 12.9. The number of hydrogen-bond acceptors (Lipinski definition) is 6. The summed E-state index contributed by atoms with van der Waals surface area (Å²) in [5, 5.41) is 0. The number of rotatable bonds is 6. The smallest absolute Gasteiger partial charge is 0.261 e. The molecule has 4 aromatic rings. The first kappa shape index (κ1) is 20.5. The number of benzene rings is 2. The Bertz CT molecular complexity index is 1240. The molecule has 0 radical (unpaired) electrons. The lowest BCUT2D eigenvalue weighted by Crippen LogP contribution is -2.17. The highest BCUT2D eigenvalue weighted by atomic mass is 32.2. The van der Waals surface area contributed by atoms with Crippen LogP contribution in [0.15, 0.2) is 90.2 Å². The predicted molar refractivity (Wildman–Crippen MR) is 121 cm³/mol. The number of aryl methyl sites for hydroxylation is 2. The highest BCUT2D eigenvalue weighted by Gasteiger charge is 2.20. The molecule has 2 heterocycles. The van der Waals surface area contributed by atoms with E-state index in [1.165, 1.54) is 0 Å². The van der Waals surface area contributed by atoms with E-state index in [2.05, 4.69) is 19.7 Å². The van der Waals surface area contributed by atoms with Crippen molar-refractivity contribution in [3.63, 3.8) is 0 Å². The fraction of sp³-hybridized carbons (Fsp3) is 0.0870. The molecule has 0 aliphatic carbocycles. The third-order valence-electron chi connectivity index (χ3n) is 4.66. The predicted octanol–water partition coefficient (Wildman–Crippen LogP) is 4.76. The van der Waals surface area contributed by atoms with E-state index in [-0.39, 0.29) is 4.90 Å². The van der Waals surface area contributed by atoms with Gasteiger partial charge in [-0.05, 0) is 61.9 Å². The first-order valence-corrected chi connectivity index (χ1v) is 11.1. The van der Waals surface area contributed by atoms with Gasteiger partial charge in [-0.1, -0.05) is 29.8 Å². The summed E-state index contributed by atoms with van der Waals surface area (Å²) in [6.45, 7) is 3.85. The van der Waals surface area contributed by atoms with Crippen LogP contribution in [0, 0.1) is 13.8 Å². The summed E-state index contributed by atoms with van der Waals surface area (Å²) < 4.78 is 28.4. The van der Waals surface area contributed by atoms with Gasteiger partial charge in [0.1, 0.15) is 5.82 Å². The van der Waals surface area contributed by atoms with Crippen molar-refractivity contribution in [1.29, 1.82) is 0 Å². The van der Waals surface area contributed by atoms with E-state index in [1.807, 2.05) is 38.1 Å². The number of nitrogens with zero attached hydrogens (tertiary/aromatic N) is 4. The molecule has 0 aliphatic heterocycles. The van der Waals surface area contributed by atoms with Crippen LogP contribution < -0.4 is 9.62 Å². The van der Waals surface area contributed by atoms with Crippen molar-refractivity contribution < 1.29 is 8.42 Å². The Morgan fingerprint density at radius 2 is 1.52 bits per heavy atom. The van der Waals surface area contributed by atoms with Crippen molar-refractivity contribution in [3.8, 4) is 0 Å². The van der Waals surface area contributed by atoms with E-state index < -0.39 is 10.0 Å². The molecule has 0 saturated carbocycles. The van der Waals surface area contributed by atoms with Gasteiger partial charge < -0.3 is 0 Å². The Balaban J connectivity index is 1.76. The molecule has 156 valence electrons. The van der Waals surface area contributed by atoms with Crippen molar-refractivity contribution in [2.24, 2.45) is 0 Å². The third-order valence-corrected chi connectivity index (χ3v) is 6.06. The van der Waals surface area contributed by atoms with E-state index in [0.29, 0.717) is 23.1 Å². The Morgan fingerprint density at radius 1 is 0.806 bits per heavy atom. The van der Waals surface area contributed by atoms with Crippen LogP contribution in [0.1, 0.15) is 11.1 Å². The van der Waals surface area contributed by atoms with Gasteiger partial charge in [-0.25, -0.2) is 23.4 Å². The summed E-state index contributed by atoms with van der Waals surface area (Å²) in [5.74, 6) is 1.05. The highest BCUT2D eigenvalue weighted by molar-refractivity contribution is 7.92. The van der Waals surface area contributed by atoms with Crippen molar-refractivity contribution in [1.82, 2.24) is 15.0 Å². The van der Waals surface area contributed by atoms with Crippen molar-refractivity contribution in [3.05, 3.63) is 96.4 Å². The summed E-state index contributed by atoms with van der Waals surface area (Å²) in [4.78, 5) is 15.2. The molecule has 0 spiro atoms. The molecule has 0 saturated heterocycles. The van der Waals surface area contributed by atoms with Crippen LogP contribution in [0.3, 0.4) is 0 Å². The number of sulfonamides is 1. The number of aromatic nitrogens is 3. The molecule has 0 amide bonds. The van der Waals surface area contributed by atoms with Gasteiger partial charge >= 0.3 is 0 Å². The second-order valence-corrected chi connectivity index (χ2v) is 8.67. The molecule has 8 heteroatoms. The zero-order valence-corrected chi connectivity index (χ0v) is 17.9. The molecular weight excluding hydrogens is 410 g/mol. The molecule has 0 bridgehead atoms. The minimum absolute atomic E-state index is 0.202. The molecule has 31 heavy (non-hydrogen) atoms. The van der Waals surface area contributed by atoms with Gasteiger partial charge in [0.2, 0.25) is 5.95 Å². The standard InChI is InChI=1S/C23H21N5O2S/c1-17-7-11-20(12-8-17)31(29,30)27-19-10-9-18(2)21(16-19)28(22-6-3-4-13-24-22)23-25-14-5-15-26-23/h3-16,27H,1-2H3. The molecule has 1 N–H and O–H groups in total. The lowest BCUT2D eigenvalue weighted by atomic mass is 10.1. The number of pyridine rings is 1. The fourth-order valence-corrected chi connectivity index (χ4v) is 4.12. The molecule has 2 aromatic carbocycles. The quantitative estimate of drug-likeness (QED) is 0.474. The number of hydrogen-bond donors (Lipinski definition) is 1. The van der Waals surface area contributed by atoms with Crippen LogP contribution in [0.25, 0.3) is 0 Å². The summed E-state index contributed by atoms with van der Waals surface area (Å²) >= 11 is 0. The van der Waals surface area contributed by atoms with Crippen LogP contribution >= 0.6 is 0 Å². The minimum Gasteiger partial charge on any atom is -0.280 e. The maximum atomic E-state index is 12.9. The van der Waals surface area contributed by atoms with Crippen molar-refractivity contribution >= 4 is 33.2 Å². The lowest BCUT2D eigenvalue weighted by Gasteiger charge is -2.24. The van der Waals surface area contributed by atoms with Crippen molar-refractivity contribution in [2.75, 3.05) is 9.62 Å². The third kappa shape index (κ3) is 4.54. The van der Waals surface area contributed by atoms with E-state index in [4.69, 9.17) is 0 Å². The first-order chi connectivity index (χ1) is 14.9. The van der Waals surface area contributed by atoms with E-state index >= 15 is 0 Å². The molecule has 0 atom stereocenters. The second kappa shape index (κ2) is 8.53. The van der Waals surface area contributed by atoms with Crippen LogP contribution in [-0.4, -0.2) is 23.4 Å². The normalized spacial score (nSPS) is 11.2. The minimum atomic E-state index is -3.73. The zero-order chi connectivity index (χ0) is 21.8. The Labute approximate surface area is 181 Å². The van der Waals surface area contributed by atoms with E-state index in [1.54, 1.807) is 66.0 Å². The summed E-state index contributed by atoms with van der Waals surface area (Å²) in [7, 11) is -3.73. The van der Waals surface area contributed by atoms with Crippen LogP contribution in [0.5, 0.6) is 0 Å². The largest absolute Gasteiger partial charge is 0.280 e. The summed E-state index contributed by atoms with van der Waals surface area (Å²) in [6, 6.07) is 19.3. The van der Waals surface area contributed by atoms with Crippen LogP contribution in [-0.2, 0) is 10.0 Å². The lowest BCUT2D eigenvalue weighted by molar-refractivity contribution is 0.601. The molecule has 2 aromatic heterocycles. The number of nitrogens with one attached hydrogen (secondary N) is 1. The fourth-order valence-electron chi connectivity index (χ4n) is 3.07. The molecule has 0 aliphatic rings. The van der Waals surface area contributed by atoms with E-state index in [0.717, 1.165) is 11.1 Å². The van der Waals surface area contributed by atoms with Gasteiger partial charge in [0, 0.05) is 18.6 Å². The SMILES string of the molecule is Cc1ccc(S(=O)(=O)Nc2ccc(C)c(N(c3ccccn3)c3ncccn3)c2)cc1. The van der Waals surface area contributed by atoms with E-state index in [9.17, 15) is 8.42 Å². The van der Waals surface area contributed by atoms with Gasteiger partial charge in [0.15, 0.2) is 0 Å². The van der Waals surface area contributed by atoms with Crippen LogP contribution in [0.4, 0.5) is 23.1 Å². The average Bonchev–Trinajstić information content (AvgIpc) is 2.78. The van der Waals surface area contributed by atoms with Gasteiger partial charge in [-0.2, -0.15) is 0 Å². The molecule has 4 rings (SSSR count). The van der Waals surface area contributed by atoms with Gasteiger partial charge in [0.25, 0.3) is 10.0 Å². The molecule has 7 nitrogen and oxygen atoms in total. The molecule has 0 unspecified atom stereocenters. The van der Waals surface area contributed by atoms with Crippen LogP contribution in [0.2, 0.25) is 0 Å². The summed E-state index contributed by atoms with van der Waals surface area (Å²) in [6.07, 6.45) is 4.99. The number of anilines is 4. The Kier molecular flexibility index (Phi) is 5.64. The maximum Gasteiger partial charge on any atom is 0.261 e. The van der Waals surface area contributed by atoms with Gasteiger partial charge in [-0.3, -0.25) is 9.62 Å². The van der Waals surface area contributed by atoms with Crippen molar-refractivity contribution in [2.45, 2.75) is 18.7 Å². The molecule has 0 fully saturated rings. The first-order valence-electron chi connectivity index (χ1n) is 9.62.